The molecular formula is C21H23N5O2. The highest BCUT2D eigenvalue weighted by atomic mass is 16.5. The highest BCUT2D eigenvalue weighted by molar-refractivity contribution is 5.80. The summed E-state index contributed by atoms with van der Waals surface area (Å²) in [5.74, 6) is 1.93. The van der Waals surface area contributed by atoms with E-state index in [1.165, 1.54) is 12.8 Å². The van der Waals surface area contributed by atoms with Crippen molar-refractivity contribution in [1.29, 1.82) is 0 Å². The largest absolute Gasteiger partial charge is 0.425 e. The van der Waals surface area contributed by atoms with Gasteiger partial charge in [0.15, 0.2) is 11.2 Å². The molecule has 3 heterocycles. The maximum absolute atomic E-state index is 13.1. The van der Waals surface area contributed by atoms with Crippen LogP contribution in [0.4, 0.5) is 0 Å². The minimum atomic E-state index is -0.124. The Morgan fingerprint density at radius 1 is 1.21 bits per heavy atom. The molecule has 1 fully saturated rings. The van der Waals surface area contributed by atoms with Gasteiger partial charge < -0.3 is 14.7 Å². The fraction of sp³-hybridized carbons (Fsp3) is 0.381. The van der Waals surface area contributed by atoms with Crippen LogP contribution in [0.2, 0.25) is 0 Å². The third kappa shape index (κ3) is 2.87. The molecule has 5 rings (SSSR count). The summed E-state index contributed by atoms with van der Waals surface area (Å²) >= 11 is 0. The van der Waals surface area contributed by atoms with Gasteiger partial charge in [0.25, 0.3) is 5.56 Å². The summed E-state index contributed by atoms with van der Waals surface area (Å²) in [5.41, 5.74) is 1.83. The zero-order chi connectivity index (χ0) is 19.1. The first-order valence-corrected chi connectivity index (χ1v) is 9.98. The molecule has 1 saturated carbocycles. The van der Waals surface area contributed by atoms with Gasteiger partial charge in [-0.15, -0.1) is 0 Å². The Kier molecular flexibility index (Phi) is 4.15. The number of hydrogen-bond acceptors (Lipinski definition) is 4. The summed E-state index contributed by atoms with van der Waals surface area (Å²) in [5, 5.41) is 1.05. The summed E-state index contributed by atoms with van der Waals surface area (Å²) in [6, 6.07) is 8.05. The lowest BCUT2D eigenvalue weighted by Gasteiger charge is -2.11. The Bertz CT molecular complexity index is 1200. The summed E-state index contributed by atoms with van der Waals surface area (Å²) < 4.78 is 7.64. The van der Waals surface area contributed by atoms with E-state index in [0.717, 1.165) is 36.0 Å². The number of nitrogens with one attached hydrogen (secondary N) is 2. The Morgan fingerprint density at radius 3 is 2.89 bits per heavy atom. The lowest BCUT2D eigenvalue weighted by Crippen LogP contribution is -2.23. The maximum Gasteiger partial charge on any atom is 0.306 e. The Hall–Kier alpha value is -3.09. The average molecular weight is 377 g/mol. The number of nitrogens with zero attached hydrogens (tertiary/aromatic N) is 3. The molecule has 2 N–H and O–H groups in total. The van der Waals surface area contributed by atoms with E-state index in [4.69, 9.17) is 4.74 Å². The third-order valence-corrected chi connectivity index (χ3v) is 5.52. The van der Waals surface area contributed by atoms with Gasteiger partial charge in [0.1, 0.15) is 11.6 Å². The van der Waals surface area contributed by atoms with E-state index in [2.05, 4.69) is 19.9 Å². The first kappa shape index (κ1) is 17.0. The van der Waals surface area contributed by atoms with Crippen molar-refractivity contribution in [2.45, 2.75) is 51.5 Å². The summed E-state index contributed by atoms with van der Waals surface area (Å²) in [7, 11) is 0. The fourth-order valence-corrected chi connectivity index (χ4v) is 4.08. The highest BCUT2D eigenvalue weighted by Crippen LogP contribution is 2.33. The van der Waals surface area contributed by atoms with E-state index < -0.39 is 0 Å². The summed E-state index contributed by atoms with van der Waals surface area (Å²) in [6.07, 6.45) is 7.35. The number of aromatic amines is 2. The predicted molar refractivity (Wildman–Crippen MR) is 108 cm³/mol. The molecule has 144 valence electrons. The van der Waals surface area contributed by atoms with E-state index in [0.29, 0.717) is 35.4 Å². The lowest BCUT2D eigenvalue weighted by molar-refractivity contribution is 0.399. The van der Waals surface area contributed by atoms with Crippen molar-refractivity contribution in [3.05, 3.63) is 46.6 Å². The summed E-state index contributed by atoms with van der Waals surface area (Å²) in [6.45, 7) is 2.57. The Balaban J connectivity index is 1.59. The van der Waals surface area contributed by atoms with Gasteiger partial charge in [-0.2, -0.15) is 4.98 Å². The van der Waals surface area contributed by atoms with E-state index in [-0.39, 0.29) is 5.56 Å². The van der Waals surface area contributed by atoms with Crippen LogP contribution in [0, 0.1) is 0 Å². The van der Waals surface area contributed by atoms with Gasteiger partial charge in [-0.25, -0.2) is 4.98 Å². The number of fused-ring (bicyclic) bond motifs is 2. The second kappa shape index (κ2) is 6.82. The van der Waals surface area contributed by atoms with E-state index in [1.54, 1.807) is 4.57 Å². The van der Waals surface area contributed by atoms with Gasteiger partial charge in [-0.1, -0.05) is 19.8 Å². The minimum Gasteiger partial charge on any atom is -0.425 e. The Labute approximate surface area is 161 Å². The van der Waals surface area contributed by atoms with Crippen molar-refractivity contribution in [3.63, 3.8) is 0 Å². The van der Waals surface area contributed by atoms with Crippen molar-refractivity contribution in [2.75, 3.05) is 0 Å². The number of imidazole rings is 1. The van der Waals surface area contributed by atoms with Gasteiger partial charge in [-0.05, 0) is 43.5 Å². The van der Waals surface area contributed by atoms with E-state index in [1.807, 2.05) is 37.4 Å². The first-order valence-electron chi connectivity index (χ1n) is 9.98. The van der Waals surface area contributed by atoms with Gasteiger partial charge in [0.2, 0.25) is 0 Å². The molecule has 7 heteroatoms. The Morgan fingerprint density at radius 2 is 2.07 bits per heavy atom. The number of H-pyrrole nitrogens is 2. The molecule has 0 aliphatic heterocycles. The van der Waals surface area contributed by atoms with Crippen molar-refractivity contribution in [2.24, 2.45) is 0 Å². The number of benzene rings is 1. The first-order chi connectivity index (χ1) is 13.7. The van der Waals surface area contributed by atoms with Crippen LogP contribution in [0.3, 0.4) is 0 Å². The van der Waals surface area contributed by atoms with Crippen LogP contribution in [0.25, 0.3) is 22.1 Å². The second-order valence-electron chi connectivity index (χ2n) is 7.48. The zero-order valence-corrected chi connectivity index (χ0v) is 15.9. The molecule has 4 aromatic rings. The molecule has 1 aliphatic carbocycles. The van der Waals surface area contributed by atoms with Crippen LogP contribution in [-0.4, -0.2) is 24.5 Å². The van der Waals surface area contributed by atoms with Crippen LogP contribution in [0.1, 0.15) is 50.8 Å². The van der Waals surface area contributed by atoms with Gasteiger partial charge in [0, 0.05) is 29.6 Å². The maximum atomic E-state index is 13.1. The normalized spacial score (nSPS) is 15.0. The zero-order valence-electron chi connectivity index (χ0n) is 15.9. The fourth-order valence-electron chi connectivity index (χ4n) is 4.08. The molecule has 0 spiro atoms. The van der Waals surface area contributed by atoms with Crippen molar-refractivity contribution in [3.8, 4) is 11.8 Å². The molecule has 3 aromatic heterocycles. The molecule has 1 aromatic carbocycles. The van der Waals surface area contributed by atoms with Crippen molar-refractivity contribution < 1.29 is 4.74 Å². The van der Waals surface area contributed by atoms with Crippen molar-refractivity contribution >= 4 is 22.1 Å². The van der Waals surface area contributed by atoms with E-state index in [9.17, 15) is 4.79 Å². The number of aromatic nitrogens is 5. The van der Waals surface area contributed by atoms with E-state index >= 15 is 0 Å². The number of rotatable bonds is 5. The molecule has 0 radical (unpaired) electrons. The molecule has 0 saturated heterocycles. The van der Waals surface area contributed by atoms with Crippen molar-refractivity contribution in [1.82, 2.24) is 24.5 Å². The minimum absolute atomic E-state index is 0.124. The quantitative estimate of drug-likeness (QED) is 0.537. The van der Waals surface area contributed by atoms with Crippen LogP contribution in [-0.2, 0) is 6.54 Å². The molecule has 7 nitrogen and oxygen atoms in total. The van der Waals surface area contributed by atoms with Crippen LogP contribution in [0.15, 0.2) is 35.3 Å². The van der Waals surface area contributed by atoms with Crippen LogP contribution in [0.5, 0.6) is 11.8 Å². The number of hydrogen-bond donors (Lipinski definition) is 2. The van der Waals surface area contributed by atoms with Gasteiger partial charge >= 0.3 is 6.01 Å². The molecular weight excluding hydrogens is 354 g/mol. The predicted octanol–water partition coefficient (Wildman–Crippen LogP) is 4.46. The third-order valence-electron chi connectivity index (χ3n) is 5.52. The highest BCUT2D eigenvalue weighted by Gasteiger charge is 2.23. The number of ether oxygens (including phenoxy) is 1. The average Bonchev–Trinajstić information content (AvgIpc) is 3.44. The molecule has 0 bridgehead atoms. The monoisotopic (exact) mass is 377 g/mol. The van der Waals surface area contributed by atoms with Gasteiger partial charge in [0.05, 0.1) is 0 Å². The smallest absolute Gasteiger partial charge is 0.306 e. The molecule has 0 atom stereocenters. The second-order valence-corrected chi connectivity index (χ2v) is 7.48. The molecule has 0 amide bonds. The van der Waals surface area contributed by atoms with Crippen LogP contribution >= 0.6 is 0 Å². The molecule has 1 aliphatic rings. The topological polar surface area (TPSA) is 88.6 Å². The van der Waals surface area contributed by atoms with Gasteiger partial charge in [-0.3, -0.25) is 9.36 Å². The molecule has 28 heavy (non-hydrogen) atoms. The molecule has 0 unspecified atom stereocenters. The standard InChI is InChI=1S/C21H23N5O2/c1-2-11-26-20(27)17-19(24-18(23-17)13-5-3-4-6-13)25-21(26)28-15-7-8-16-14(12-15)9-10-22-16/h7-10,12-13,22H,2-6,11H2,1H3,(H,23,24). The SMILES string of the molecule is CCCn1c(Oc2ccc3[nH]ccc3c2)nc2nc(C3CCCC3)[nH]c2c1=O. The lowest BCUT2D eigenvalue weighted by atomic mass is 10.1. The van der Waals surface area contributed by atoms with Crippen LogP contribution < -0.4 is 10.3 Å². The summed E-state index contributed by atoms with van der Waals surface area (Å²) in [4.78, 5) is 28.7.